The number of para-hydroxylation sites is 1. The molecule has 112 valence electrons. The van der Waals surface area contributed by atoms with Crippen molar-refractivity contribution in [2.75, 3.05) is 32.6 Å². The van der Waals surface area contributed by atoms with Gasteiger partial charge in [-0.15, -0.1) is 0 Å². The van der Waals surface area contributed by atoms with E-state index in [0.29, 0.717) is 36.1 Å². The number of nitrogen functional groups attached to an aromatic ring is 1. The third-order valence-electron chi connectivity index (χ3n) is 2.90. The molecule has 0 heterocycles. The van der Waals surface area contributed by atoms with Gasteiger partial charge in [0.15, 0.2) is 0 Å². The molecule has 1 rings (SSSR count). The molecule has 0 saturated carbocycles. The van der Waals surface area contributed by atoms with Crippen LogP contribution in [0.15, 0.2) is 18.2 Å². The zero-order chi connectivity index (χ0) is 15.0. The smallest absolute Gasteiger partial charge is 0.253 e. The highest BCUT2D eigenvalue weighted by atomic mass is 16.5. The maximum absolute atomic E-state index is 12.0. The van der Waals surface area contributed by atoms with E-state index in [2.05, 4.69) is 19.2 Å². The van der Waals surface area contributed by atoms with Gasteiger partial charge in [0.2, 0.25) is 0 Å². The van der Waals surface area contributed by atoms with E-state index in [4.69, 9.17) is 15.2 Å². The minimum Gasteiger partial charge on any atom is -0.495 e. The van der Waals surface area contributed by atoms with Crippen molar-refractivity contribution in [3.63, 3.8) is 0 Å². The lowest BCUT2D eigenvalue weighted by Crippen LogP contribution is -2.28. The molecule has 1 aromatic rings. The quantitative estimate of drug-likeness (QED) is 0.565. The molecule has 5 nitrogen and oxygen atoms in total. The topological polar surface area (TPSA) is 73.6 Å². The Labute approximate surface area is 120 Å². The van der Waals surface area contributed by atoms with Crippen molar-refractivity contribution in [2.45, 2.75) is 20.3 Å². The van der Waals surface area contributed by atoms with Gasteiger partial charge in [-0.2, -0.15) is 0 Å². The molecule has 5 heteroatoms. The molecule has 0 aliphatic carbocycles. The summed E-state index contributed by atoms with van der Waals surface area (Å²) in [6, 6.07) is 5.14. The predicted molar refractivity (Wildman–Crippen MR) is 80.0 cm³/mol. The van der Waals surface area contributed by atoms with Crippen LogP contribution in [0, 0.1) is 5.92 Å². The van der Waals surface area contributed by atoms with Crippen LogP contribution < -0.4 is 15.8 Å². The van der Waals surface area contributed by atoms with Crippen LogP contribution in [0.5, 0.6) is 5.75 Å². The zero-order valence-electron chi connectivity index (χ0n) is 12.4. The molecule has 3 N–H and O–H groups in total. The largest absolute Gasteiger partial charge is 0.495 e. The highest BCUT2D eigenvalue weighted by Crippen LogP contribution is 2.24. The van der Waals surface area contributed by atoms with E-state index in [0.717, 1.165) is 13.0 Å². The van der Waals surface area contributed by atoms with Gasteiger partial charge < -0.3 is 20.5 Å². The Hall–Kier alpha value is -1.75. The van der Waals surface area contributed by atoms with E-state index in [-0.39, 0.29) is 5.91 Å². The van der Waals surface area contributed by atoms with E-state index in [1.165, 1.54) is 7.11 Å². The zero-order valence-corrected chi connectivity index (χ0v) is 12.4. The van der Waals surface area contributed by atoms with Crippen molar-refractivity contribution in [1.29, 1.82) is 0 Å². The second-order valence-corrected chi connectivity index (χ2v) is 4.97. The second kappa shape index (κ2) is 8.43. The summed E-state index contributed by atoms with van der Waals surface area (Å²) in [5, 5.41) is 2.78. The standard InChI is InChI=1S/C15H24N2O3/c1-11(2)7-9-20-10-8-17-15(18)12-5-4-6-13(19-3)14(12)16/h4-6,11H,7-10,16H2,1-3H3,(H,17,18). The molecule has 0 saturated heterocycles. The molecule has 0 atom stereocenters. The number of carbonyl (C=O) groups excluding carboxylic acids is 1. The van der Waals surface area contributed by atoms with E-state index in [1.807, 2.05) is 0 Å². The van der Waals surface area contributed by atoms with Crippen LogP contribution in [0.3, 0.4) is 0 Å². The summed E-state index contributed by atoms with van der Waals surface area (Å²) in [6.45, 7) is 5.98. The molecular formula is C15H24N2O3. The lowest BCUT2D eigenvalue weighted by molar-refractivity contribution is 0.0906. The van der Waals surface area contributed by atoms with Crippen LogP contribution in [0.2, 0.25) is 0 Å². The average molecular weight is 280 g/mol. The Balaban J connectivity index is 2.36. The van der Waals surface area contributed by atoms with Gasteiger partial charge in [0.1, 0.15) is 5.75 Å². The SMILES string of the molecule is COc1cccc(C(=O)NCCOCCC(C)C)c1N. The number of methoxy groups -OCH3 is 1. The van der Waals surface area contributed by atoms with Gasteiger partial charge in [-0.05, 0) is 24.5 Å². The summed E-state index contributed by atoms with van der Waals surface area (Å²) in [7, 11) is 1.52. The summed E-state index contributed by atoms with van der Waals surface area (Å²) >= 11 is 0. The van der Waals surface area contributed by atoms with Gasteiger partial charge in [-0.1, -0.05) is 19.9 Å². The van der Waals surface area contributed by atoms with Crippen molar-refractivity contribution in [3.05, 3.63) is 23.8 Å². The summed E-state index contributed by atoms with van der Waals surface area (Å²) in [5.41, 5.74) is 6.64. The van der Waals surface area contributed by atoms with Gasteiger partial charge in [-0.25, -0.2) is 0 Å². The number of carbonyl (C=O) groups is 1. The number of rotatable bonds is 8. The van der Waals surface area contributed by atoms with Gasteiger partial charge in [0.05, 0.1) is 25.0 Å². The summed E-state index contributed by atoms with van der Waals surface area (Å²) in [4.78, 5) is 12.0. The number of amides is 1. The van der Waals surface area contributed by atoms with Gasteiger partial charge in [-0.3, -0.25) is 4.79 Å². The lowest BCUT2D eigenvalue weighted by Gasteiger charge is -2.11. The number of ether oxygens (including phenoxy) is 2. The van der Waals surface area contributed by atoms with Gasteiger partial charge in [0.25, 0.3) is 5.91 Å². The number of anilines is 1. The van der Waals surface area contributed by atoms with Crippen molar-refractivity contribution >= 4 is 11.6 Å². The Bertz CT molecular complexity index is 433. The molecular weight excluding hydrogens is 256 g/mol. The highest BCUT2D eigenvalue weighted by molar-refractivity contribution is 6.00. The Kier molecular flexibility index (Phi) is 6.87. The highest BCUT2D eigenvalue weighted by Gasteiger charge is 2.12. The molecule has 0 fully saturated rings. The molecule has 0 aliphatic heterocycles. The maximum atomic E-state index is 12.0. The Morgan fingerprint density at radius 1 is 1.35 bits per heavy atom. The van der Waals surface area contributed by atoms with E-state index in [9.17, 15) is 4.79 Å². The van der Waals surface area contributed by atoms with Crippen molar-refractivity contribution in [1.82, 2.24) is 5.32 Å². The van der Waals surface area contributed by atoms with E-state index in [1.54, 1.807) is 18.2 Å². The molecule has 1 amide bonds. The first-order valence-electron chi connectivity index (χ1n) is 6.84. The molecule has 0 spiro atoms. The van der Waals surface area contributed by atoms with E-state index >= 15 is 0 Å². The number of nitrogens with one attached hydrogen (secondary N) is 1. The maximum Gasteiger partial charge on any atom is 0.253 e. The van der Waals surface area contributed by atoms with Crippen LogP contribution >= 0.6 is 0 Å². The first-order valence-corrected chi connectivity index (χ1v) is 6.84. The summed E-state index contributed by atoms with van der Waals surface area (Å²) < 4.78 is 10.5. The minimum atomic E-state index is -0.214. The number of nitrogens with two attached hydrogens (primary N) is 1. The van der Waals surface area contributed by atoms with Crippen molar-refractivity contribution in [3.8, 4) is 5.75 Å². The second-order valence-electron chi connectivity index (χ2n) is 4.97. The number of hydrogen-bond acceptors (Lipinski definition) is 4. The lowest BCUT2D eigenvalue weighted by atomic mass is 10.1. The van der Waals surface area contributed by atoms with Crippen LogP contribution in [0.4, 0.5) is 5.69 Å². The number of hydrogen-bond donors (Lipinski definition) is 2. The molecule has 0 bridgehead atoms. The molecule has 0 radical (unpaired) electrons. The Morgan fingerprint density at radius 3 is 2.75 bits per heavy atom. The van der Waals surface area contributed by atoms with E-state index < -0.39 is 0 Å². The van der Waals surface area contributed by atoms with Crippen molar-refractivity contribution < 1.29 is 14.3 Å². The van der Waals surface area contributed by atoms with Crippen LogP contribution in [-0.2, 0) is 4.74 Å². The fourth-order valence-corrected chi connectivity index (χ4v) is 1.67. The average Bonchev–Trinajstić information content (AvgIpc) is 2.42. The van der Waals surface area contributed by atoms with Gasteiger partial charge in [0, 0.05) is 13.2 Å². The molecule has 0 aromatic heterocycles. The predicted octanol–water partition coefficient (Wildman–Crippen LogP) is 2.07. The monoisotopic (exact) mass is 280 g/mol. The first kappa shape index (κ1) is 16.3. The third-order valence-corrected chi connectivity index (χ3v) is 2.90. The fourth-order valence-electron chi connectivity index (χ4n) is 1.67. The van der Waals surface area contributed by atoms with Gasteiger partial charge >= 0.3 is 0 Å². The van der Waals surface area contributed by atoms with Crippen molar-refractivity contribution in [2.24, 2.45) is 5.92 Å². The molecule has 0 unspecified atom stereocenters. The normalized spacial score (nSPS) is 10.6. The molecule has 20 heavy (non-hydrogen) atoms. The molecule has 0 aliphatic rings. The molecule has 1 aromatic carbocycles. The fraction of sp³-hybridized carbons (Fsp3) is 0.533. The van der Waals surface area contributed by atoms with Crippen LogP contribution in [0.1, 0.15) is 30.6 Å². The van der Waals surface area contributed by atoms with Crippen LogP contribution in [0.25, 0.3) is 0 Å². The summed E-state index contributed by atoms with van der Waals surface area (Å²) in [6.07, 6.45) is 1.02. The Morgan fingerprint density at radius 2 is 2.10 bits per heavy atom. The number of benzene rings is 1. The first-order chi connectivity index (χ1) is 9.56. The summed E-state index contributed by atoms with van der Waals surface area (Å²) in [5.74, 6) is 0.917. The third kappa shape index (κ3) is 5.09. The minimum absolute atomic E-state index is 0.214. The van der Waals surface area contributed by atoms with Crippen LogP contribution in [-0.4, -0.2) is 32.8 Å².